The first-order chi connectivity index (χ1) is 13.7. The van der Waals surface area contributed by atoms with Crippen LogP contribution in [0.15, 0.2) is 66.4 Å². The van der Waals surface area contributed by atoms with E-state index in [1.807, 2.05) is 52.7 Å². The summed E-state index contributed by atoms with van der Waals surface area (Å²) in [5.74, 6) is 0.0758. The smallest absolute Gasteiger partial charge is 0.261 e. The maximum atomic E-state index is 12.8. The molecular formula is C20H15ClN4O2S. The lowest BCUT2D eigenvalue weighted by molar-refractivity contribution is 0.102. The molecule has 3 aromatic heterocycles. The van der Waals surface area contributed by atoms with Gasteiger partial charge in [0.25, 0.3) is 5.91 Å². The number of carbonyl (C=O) groups is 1. The predicted molar refractivity (Wildman–Crippen MR) is 111 cm³/mol. The Kier molecular flexibility index (Phi) is 5.10. The first-order valence-corrected chi connectivity index (χ1v) is 9.60. The molecule has 0 unspecified atom stereocenters. The number of anilines is 1. The van der Waals surface area contributed by atoms with E-state index in [1.165, 1.54) is 18.4 Å². The lowest BCUT2D eigenvalue weighted by Crippen LogP contribution is -2.13. The van der Waals surface area contributed by atoms with Crippen molar-refractivity contribution < 1.29 is 9.53 Å². The summed E-state index contributed by atoms with van der Waals surface area (Å²) in [5, 5.41) is 5.56. The fourth-order valence-corrected chi connectivity index (χ4v) is 3.67. The largest absolute Gasteiger partial charge is 0.496 e. The average molecular weight is 411 g/mol. The van der Waals surface area contributed by atoms with Crippen LogP contribution in [0.25, 0.3) is 17.1 Å². The Labute approximate surface area is 170 Å². The second-order valence-electron chi connectivity index (χ2n) is 5.80. The average Bonchev–Trinajstić information content (AvgIpc) is 3.40. The molecule has 140 valence electrons. The number of carbonyl (C=O) groups excluding carboxylic acids is 1. The fourth-order valence-electron chi connectivity index (χ4n) is 2.71. The SMILES string of the molecule is COc1cc(-n2cccc2)c(Cl)cc1C(=O)Nc1nc(-c2ccccn2)cs1. The van der Waals surface area contributed by atoms with Gasteiger partial charge in [-0.3, -0.25) is 15.1 Å². The van der Waals surface area contributed by atoms with E-state index < -0.39 is 0 Å². The number of benzene rings is 1. The molecule has 3 heterocycles. The topological polar surface area (TPSA) is 69.0 Å². The second kappa shape index (κ2) is 7.84. The van der Waals surface area contributed by atoms with E-state index in [1.54, 1.807) is 18.3 Å². The third kappa shape index (κ3) is 3.62. The van der Waals surface area contributed by atoms with Crippen LogP contribution in [0, 0.1) is 0 Å². The molecule has 0 aliphatic carbocycles. The molecule has 1 N–H and O–H groups in total. The van der Waals surface area contributed by atoms with Crippen molar-refractivity contribution in [1.82, 2.24) is 14.5 Å². The van der Waals surface area contributed by atoms with E-state index in [-0.39, 0.29) is 5.91 Å². The summed E-state index contributed by atoms with van der Waals surface area (Å²) in [7, 11) is 1.52. The van der Waals surface area contributed by atoms with E-state index in [0.29, 0.717) is 27.2 Å². The summed E-state index contributed by atoms with van der Waals surface area (Å²) >= 11 is 7.73. The van der Waals surface area contributed by atoms with Gasteiger partial charge in [0.2, 0.25) is 0 Å². The van der Waals surface area contributed by atoms with Crippen LogP contribution in [-0.2, 0) is 0 Å². The molecule has 0 fully saturated rings. The summed E-state index contributed by atoms with van der Waals surface area (Å²) < 4.78 is 7.27. The minimum atomic E-state index is -0.347. The zero-order chi connectivity index (χ0) is 19.5. The number of nitrogens with zero attached hydrogens (tertiary/aromatic N) is 3. The van der Waals surface area contributed by atoms with Crippen molar-refractivity contribution >= 4 is 34.0 Å². The van der Waals surface area contributed by atoms with Gasteiger partial charge < -0.3 is 9.30 Å². The molecule has 8 heteroatoms. The Bertz CT molecular complexity index is 1110. The number of ether oxygens (including phenoxy) is 1. The van der Waals surface area contributed by atoms with E-state index in [0.717, 1.165) is 11.4 Å². The number of thiazole rings is 1. The number of aromatic nitrogens is 3. The molecule has 4 aromatic rings. The van der Waals surface area contributed by atoms with E-state index in [2.05, 4.69) is 15.3 Å². The third-order valence-corrected chi connectivity index (χ3v) is 5.11. The second-order valence-corrected chi connectivity index (χ2v) is 7.07. The monoisotopic (exact) mass is 410 g/mol. The number of amides is 1. The molecule has 28 heavy (non-hydrogen) atoms. The molecule has 0 aliphatic rings. The highest BCUT2D eigenvalue weighted by atomic mass is 35.5. The maximum Gasteiger partial charge on any atom is 0.261 e. The highest BCUT2D eigenvalue weighted by Crippen LogP contribution is 2.31. The van der Waals surface area contributed by atoms with Crippen molar-refractivity contribution in [1.29, 1.82) is 0 Å². The van der Waals surface area contributed by atoms with Gasteiger partial charge in [0, 0.05) is 30.0 Å². The van der Waals surface area contributed by atoms with Crippen LogP contribution in [0.3, 0.4) is 0 Å². The Balaban J connectivity index is 1.60. The number of methoxy groups -OCH3 is 1. The van der Waals surface area contributed by atoms with Gasteiger partial charge >= 0.3 is 0 Å². The Morgan fingerprint density at radius 1 is 1.18 bits per heavy atom. The molecule has 0 saturated heterocycles. The van der Waals surface area contributed by atoms with Crippen molar-refractivity contribution in [3.63, 3.8) is 0 Å². The molecule has 1 aromatic carbocycles. The van der Waals surface area contributed by atoms with E-state index >= 15 is 0 Å². The van der Waals surface area contributed by atoms with Gasteiger partial charge in [-0.1, -0.05) is 17.7 Å². The lowest BCUT2D eigenvalue weighted by atomic mass is 10.1. The minimum absolute atomic E-state index is 0.331. The molecule has 0 saturated carbocycles. The molecule has 6 nitrogen and oxygen atoms in total. The number of pyridine rings is 1. The van der Waals surface area contributed by atoms with Gasteiger partial charge in [-0.2, -0.15) is 0 Å². The summed E-state index contributed by atoms with van der Waals surface area (Å²) in [6.07, 6.45) is 5.44. The minimum Gasteiger partial charge on any atom is -0.496 e. The number of hydrogen-bond acceptors (Lipinski definition) is 5. The quantitative estimate of drug-likeness (QED) is 0.507. The molecule has 0 aliphatic heterocycles. The van der Waals surface area contributed by atoms with Crippen LogP contribution in [0.5, 0.6) is 5.75 Å². The van der Waals surface area contributed by atoms with Crippen molar-refractivity contribution in [3.8, 4) is 22.8 Å². The summed E-state index contributed by atoms with van der Waals surface area (Å²) in [6.45, 7) is 0. The zero-order valence-electron chi connectivity index (χ0n) is 14.8. The zero-order valence-corrected chi connectivity index (χ0v) is 16.4. The number of nitrogens with one attached hydrogen (secondary N) is 1. The molecule has 0 bridgehead atoms. The normalized spacial score (nSPS) is 10.6. The Morgan fingerprint density at radius 3 is 2.71 bits per heavy atom. The van der Waals surface area contributed by atoms with Gasteiger partial charge in [-0.25, -0.2) is 4.98 Å². The first kappa shape index (κ1) is 18.2. The summed E-state index contributed by atoms with van der Waals surface area (Å²) in [5.41, 5.74) is 2.51. The van der Waals surface area contributed by atoms with Crippen molar-refractivity contribution in [2.45, 2.75) is 0 Å². The Morgan fingerprint density at radius 2 is 2.00 bits per heavy atom. The first-order valence-electron chi connectivity index (χ1n) is 8.35. The van der Waals surface area contributed by atoms with E-state index in [4.69, 9.17) is 16.3 Å². The van der Waals surface area contributed by atoms with Crippen molar-refractivity contribution in [3.05, 3.63) is 77.0 Å². The summed E-state index contributed by atoms with van der Waals surface area (Å²) in [4.78, 5) is 21.5. The molecular weight excluding hydrogens is 396 g/mol. The third-order valence-electron chi connectivity index (χ3n) is 4.05. The predicted octanol–water partition coefficient (Wildman–Crippen LogP) is 4.91. The molecule has 4 rings (SSSR count). The van der Waals surface area contributed by atoms with Crippen LogP contribution in [0.4, 0.5) is 5.13 Å². The highest BCUT2D eigenvalue weighted by Gasteiger charge is 2.18. The van der Waals surface area contributed by atoms with Gasteiger partial charge in [0.15, 0.2) is 5.13 Å². The van der Waals surface area contributed by atoms with Crippen LogP contribution in [0.1, 0.15) is 10.4 Å². The standard InChI is InChI=1S/C20H15ClN4O2S/c1-27-18-11-17(25-8-4-5-9-25)14(21)10-13(18)19(26)24-20-23-16(12-28-20)15-6-2-3-7-22-15/h2-12H,1H3,(H,23,24,26). The molecule has 0 radical (unpaired) electrons. The van der Waals surface area contributed by atoms with Crippen LogP contribution >= 0.6 is 22.9 Å². The van der Waals surface area contributed by atoms with Crippen molar-refractivity contribution in [2.75, 3.05) is 12.4 Å². The maximum absolute atomic E-state index is 12.8. The van der Waals surface area contributed by atoms with Crippen LogP contribution in [0.2, 0.25) is 5.02 Å². The van der Waals surface area contributed by atoms with Gasteiger partial charge in [-0.15, -0.1) is 11.3 Å². The number of halogens is 1. The summed E-state index contributed by atoms with van der Waals surface area (Å²) in [6, 6.07) is 12.7. The van der Waals surface area contributed by atoms with Crippen molar-refractivity contribution in [2.24, 2.45) is 0 Å². The number of rotatable bonds is 5. The van der Waals surface area contributed by atoms with Gasteiger partial charge in [-0.05, 0) is 30.3 Å². The highest BCUT2D eigenvalue weighted by molar-refractivity contribution is 7.14. The Hall–Kier alpha value is -3.16. The van der Waals surface area contributed by atoms with Crippen LogP contribution in [-0.4, -0.2) is 27.6 Å². The molecule has 1 amide bonds. The van der Waals surface area contributed by atoms with Gasteiger partial charge in [0.1, 0.15) is 11.4 Å². The van der Waals surface area contributed by atoms with Gasteiger partial charge in [0.05, 0.1) is 29.1 Å². The number of hydrogen-bond donors (Lipinski definition) is 1. The molecule has 0 atom stereocenters. The lowest BCUT2D eigenvalue weighted by Gasteiger charge is -2.13. The van der Waals surface area contributed by atoms with Crippen LogP contribution < -0.4 is 10.1 Å². The molecule has 0 spiro atoms. The van der Waals surface area contributed by atoms with E-state index in [9.17, 15) is 4.79 Å². The fraction of sp³-hybridized carbons (Fsp3) is 0.0500.